The van der Waals surface area contributed by atoms with Crippen LogP contribution in [-0.2, 0) is 22.3 Å². The molecule has 1 rings (SSSR count). The maximum Gasteiger partial charge on any atom is 0.0700 e. The first-order valence-corrected chi connectivity index (χ1v) is 5.51. The molecule has 0 saturated heterocycles. The van der Waals surface area contributed by atoms with E-state index in [-0.39, 0.29) is 0 Å². The van der Waals surface area contributed by atoms with E-state index in [2.05, 4.69) is 31.2 Å². The van der Waals surface area contributed by atoms with E-state index in [4.69, 9.17) is 9.47 Å². The summed E-state index contributed by atoms with van der Waals surface area (Å²) in [5, 5.41) is 0. The zero-order chi connectivity index (χ0) is 10.9. The summed E-state index contributed by atoms with van der Waals surface area (Å²) >= 11 is 0. The van der Waals surface area contributed by atoms with Gasteiger partial charge in [-0.1, -0.05) is 31.2 Å². The molecule has 0 spiro atoms. The molecule has 0 N–H and O–H groups in total. The van der Waals surface area contributed by atoms with Crippen molar-refractivity contribution in [3.63, 3.8) is 0 Å². The van der Waals surface area contributed by atoms with Crippen LogP contribution in [0.5, 0.6) is 0 Å². The average Bonchev–Trinajstić information content (AvgIpc) is 2.30. The second-order valence-electron chi connectivity index (χ2n) is 3.53. The van der Waals surface area contributed by atoms with Gasteiger partial charge in [0, 0.05) is 7.11 Å². The van der Waals surface area contributed by atoms with E-state index < -0.39 is 0 Å². The molecule has 0 aromatic heterocycles. The predicted octanol–water partition coefficient (Wildman–Crippen LogP) is 2.45. The van der Waals surface area contributed by atoms with Crippen LogP contribution in [0.3, 0.4) is 0 Å². The molecule has 0 aliphatic rings. The molecule has 2 heteroatoms. The molecule has 2 nitrogen and oxygen atoms in total. The lowest BCUT2D eigenvalue weighted by molar-refractivity contribution is 0.0722. The smallest absolute Gasteiger partial charge is 0.0700 e. The fourth-order valence-electron chi connectivity index (χ4n) is 1.38. The molecule has 1 aromatic carbocycles. The molecule has 0 amide bonds. The highest BCUT2D eigenvalue weighted by atomic mass is 16.5. The molecule has 0 bridgehead atoms. The van der Waals surface area contributed by atoms with Gasteiger partial charge in [-0.2, -0.15) is 0 Å². The van der Waals surface area contributed by atoms with Crippen LogP contribution in [-0.4, -0.2) is 26.9 Å². The highest BCUT2D eigenvalue weighted by Crippen LogP contribution is 2.05. The number of aryl methyl sites for hydroxylation is 1. The van der Waals surface area contributed by atoms with Gasteiger partial charge in [-0.3, -0.25) is 0 Å². The van der Waals surface area contributed by atoms with Gasteiger partial charge in [0.1, 0.15) is 0 Å². The lowest BCUT2D eigenvalue weighted by Crippen LogP contribution is -2.04. The summed E-state index contributed by atoms with van der Waals surface area (Å²) in [6.07, 6.45) is 2.08. The van der Waals surface area contributed by atoms with E-state index in [0.717, 1.165) is 19.4 Å². The van der Waals surface area contributed by atoms with Crippen LogP contribution in [0.25, 0.3) is 0 Å². The SMILES string of the molecule is CCc1ccc(CCOCCOC)cc1. The van der Waals surface area contributed by atoms with Crippen molar-refractivity contribution in [2.24, 2.45) is 0 Å². The minimum Gasteiger partial charge on any atom is -0.382 e. The number of methoxy groups -OCH3 is 1. The van der Waals surface area contributed by atoms with Crippen molar-refractivity contribution in [2.75, 3.05) is 26.9 Å². The second-order valence-corrected chi connectivity index (χ2v) is 3.53. The van der Waals surface area contributed by atoms with Crippen LogP contribution in [0, 0.1) is 0 Å². The van der Waals surface area contributed by atoms with Gasteiger partial charge >= 0.3 is 0 Å². The van der Waals surface area contributed by atoms with Crippen molar-refractivity contribution in [3.05, 3.63) is 35.4 Å². The molecule has 0 unspecified atom stereocenters. The quantitative estimate of drug-likeness (QED) is 0.641. The highest BCUT2D eigenvalue weighted by Gasteiger charge is 1.94. The maximum absolute atomic E-state index is 5.41. The number of benzene rings is 1. The first kappa shape index (κ1) is 12.2. The van der Waals surface area contributed by atoms with Crippen molar-refractivity contribution < 1.29 is 9.47 Å². The molecule has 0 atom stereocenters. The molecular formula is C13H20O2. The van der Waals surface area contributed by atoms with Gasteiger partial charge in [0.25, 0.3) is 0 Å². The lowest BCUT2D eigenvalue weighted by atomic mass is 10.1. The third kappa shape index (κ3) is 4.96. The molecule has 0 radical (unpaired) electrons. The maximum atomic E-state index is 5.41. The van der Waals surface area contributed by atoms with Crippen molar-refractivity contribution in [3.8, 4) is 0 Å². The van der Waals surface area contributed by atoms with Gasteiger partial charge in [-0.25, -0.2) is 0 Å². The van der Waals surface area contributed by atoms with Crippen molar-refractivity contribution in [1.29, 1.82) is 0 Å². The minimum absolute atomic E-state index is 0.675. The van der Waals surface area contributed by atoms with Gasteiger partial charge in [0.15, 0.2) is 0 Å². The van der Waals surface area contributed by atoms with Crippen molar-refractivity contribution in [2.45, 2.75) is 19.8 Å². The van der Waals surface area contributed by atoms with Crippen LogP contribution in [0.2, 0.25) is 0 Å². The highest BCUT2D eigenvalue weighted by molar-refractivity contribution is 5.22. The van der Waals surface area contributed by atoms with E-state index >= 15 is 0 Å². The molecule has 0 aliphatic carbocycles. The monoisotopic (exact) mass is 208 g/mol. The van der Waals surface area contributed by atoms with Crippen molar-refractivity contribution >= 4 is 0 Å². The van der Waals surface area contributed by atoms with E-state index in [1.54, 1.807) is 7.11 Å². The van der Waals surface area contributed by atoms with Gasteiger partial charge in [-0.15, -0.1) is 0 Å². The summed E-state index contributed by atoms with van der Waals surface area (Å²) < 4.78 is 10.3. The van der Waals surface area contributed by atoms with Crippen LogP contribution in [0.15, 0.2) is 24.3 Å². The Morgan fingerprint density at radius 2 is 1.60 bits per heavy atom. The molecule has 0 saturated carbocycles. The van der Waals surface area contributed by atoms with Gasteiger partial charge in [0.05, 0.1) is 19.8 Å². The standard InChI is InChI=1S/C13H20O2/c1-3-12-4-6-13(7-5-12)8-9-15-11-10-14-2/h4-7H,3,8-11H2,1-2H3. The Hall–Kier alpha value is -0.860. The van der Waals surface area contributed by atoms with Crippen LogP contribution >= 0.6 is 0 Å². The molecular weight excluding hydrogens is 188 g/mol. The third-order valence-electron chi connectivity index (χ3n) is 2.40. The zero-order valence-electron chi connectivity index (χ0n) is 9.66. The number of hydrogen-bond acceptors (Lipinski definition) is 2. The van der Waals surface area contributed by atoms with Crippen LogP contribution < -0.4 is 0 Å². The van der Waals surface area contributed by atoms with Crippen LogP contribution in [0.1, 0.15) is 18.1 Å². The van der Waals surface area contributed by atoms with Gasteiger partial charge in [0.2, 0.25) is 0 Å². The summed E-state index contributed by atoms with van der Waals surface area (Å²) in [4.78, 5) is 0. The fraction of sp³-hybridized carbons (Fsp3) is 0.538. The fourth-order valence-corrected chi connectivity index (χ4v) is 1.38. The Morgan fingerprint density at radius 1 is 0.933 bits per heavy atom. The van der Waals surface area contributed by atoms with E-state index in [1.807, 2.05) is 0 Å². The third-order valence-corrected chi connectivity index (χ3v) is 2.40. The first-order chi connectivity index (χ1) is 7.36. The number of ether oxygens (including phenoxy) is 2. The molecule has 0 fully saturated rings. The van der Waals surface area contributed by atoms with Crippen LogP contribution in [0.4, 0.5) is 0 Å². The summed E-state index contributed by atoms with van der Waals surface area (Å²) in [7, 11) is 1.69. The van der Waals surface area contributed by atoms with Crippen molar-refractivity contribution in [1.82, 2.24) is 0 Å². The Balaban J connectivity index is 2.20. The summed E-state index contributed by atoms with van der Waals surface area (Å²) in [5.41, 5.74) is 2.73. The predicted molar refractivity (Wildman–Crippen MR) is 62.2 cm³/mol. The average molecular weight is 208 g/mol. The zero-order valence-corrected chi connectivity index (χ0v) is 9.66. The topological polar surface area (TPSA) is 18.5 Å². The molecule has 0 heterocycles. The Labute approximate surface area is 92.2 Å². The molecule has 15 heavy (non-hydrogen) atoms. The second kappa shape index (κ2) is 7.43. The normalized spacial score (nSPS) is 10.5. The number of hydrogen-bond donors (Lipinski definition) is 0. The van der Waals surface area contributed by atoms with Gasteiger partial charge < -0.3 is 9.47 Å². The number of rotatable bonds is 7. The Morgan fingerprint density at radius 3 is 2.20 bits per heavy atom. The lowest BCUT2D eigenvalue weighted by Gasteiger charge is -2.04. The Kier molecular flexibility index (Phi) is 6.05. The molecule has 84 valence electrons. The first-order valence-electron chi connectivity index (χ1n) is 5.51. The van der Waals surface area contributed by atoms with Gasteiger partial charge in [-0.05, 0) is 24.0 Å². The Bertz CT molecular complexity index is 254. The summed E-state index contributed by atoms with van der Waals surface area (Å²) in [6.45, 7) is 4.30. The molecule has 0 aliphatic heterocycles. The summed E-state index contributed by atoms with van der Waals surface area (Å²) in [6, 6.07) is 8.73. The van der Waals surface area contributed by atoms with E-state index in [9.17, 15) is 0 Å². The summed E-state index contributed by atoms with van der Waals surface area (Å²) in [5.74, 6) is 0. The van der Waals surface area contributed by atoms with E-state index in [1.165, 1.54) is 11.1 Å². The largest absolute Gasteiger partial charge is 0.382 e. The minimum atomic E-state index is 0.675. The molecule has 1 aromatic rings. The van der Waals surface area contributed by atoms with E-state index in [0.29, 0.717) is 13.2 Å².